The van der Waals surface area contributed by atoms with Crippen molar-refractivity contribution in [3.63, 3.8) is 0 Å². The van der Waals surface area contributed by atoms with Gasteiger partial charge in [-0.3, -0.25) is 9.69 Å². The van der Waals surface area contributed by atoms with Crippen molar-refractivity contribution in [3.05, 3.63) is 58.7 Å². The van der Waals surface area contributed by atoms with Crippen LogP contribution < -0.4 is 5.32 Å². The van der Waals surface area contributed by atoms with Gasteiger partial charge in [-0.1, -0.05) is 24.3 Å². The summed E-state index contributed by atoms with van der Waals surface area (Å²) in [5.74, 6) is 0.354. The van der Waals surface area contributed by atoms with E-state index in [1.807, 2.05) is 19.9 Å². The first-order chi connectivity index (χ1) is 13.0. The zero-order valence-corrected chi connectivity index (χ0v) is 15.9. The van der Waals surface area contributed by atoms with Crippen molar-refractivity contribution in [1.82, 2.24) is 29.8 Å². The fraction of sp³-hybridized carbons (Fsp3) is 0.400. The summed E-state index contributed by atoms with van der Waals surface area (Å²) in [6, 6.07) is 10.7. The minimum absolute atomic E-state index is 0.160. The molecule has 1 aromatic carbocycles. The van der Waals surface area contributed by atoms with Gasteiger partial charge in [0, 0.05) is 37.1 Å². The average molecular weight is 364 g/mol. The molecule has 7 nitrogen and oxygen atoms in total. The van der Waals surface area contributed by atoms with Crippen molar-refractivity contribution < 1.29 is 4.79 Å². The summed E-state index contributed by atoms with van der Waals surface area (Å²) in [5.41, 5.74) is 4.57. The third-order valence-corrected chi connectivity index (χ3v) is 5.16. The normalized spacial score (nSPS) is 15.5. The van der Waals surface area contributed by atoms with E-state index in [1.54, 1.807) is 4.52 Å². The minimum atomic E-state index is -0.262. The SMILES string of the molecule is Cc1cc(C)n2nc(C(=O)NCC(C)N3CCc4ccccc4C3)nc2n1. The van der Waals surface area contributed by atoms with Crippen LogP contribution in [0.3, 0.4) is 0 Å². The number of hydrogen-bond acceptors (Lipinski definition) is 5. The third kappa shape index (κ3) is 3.55. The molecule has 1 atom stereocenters. The molecule has 0 aliphatic carbocycles. The Bertz CT molecular complexity index is 995. The monoisotopic (exact) mass is 364 g/mol. The number of benzene rings is 1. The number of fused-ring (bicyclic) bond motifs is 2. The molecule has 1 aliphatic heterocycles. The van der Waals surface area contributed by atoms with Gasteiger partial charge in [-0.2, -0.15) is 4.98 Å². The maximum atomic E-state index is 12.5. The molecule has 1 N–H and O–H groups in total. The highest BCUT2D eigenvalue weighted by atomic mass is 16.2. The Labute approximate surface area is 158 Å². The lowest BCUT2D eigenvalue weighted by molar-refractivity contribution is 0.0922. The molecule has 140 valence electrons. The Kier molecular flexibility index (Phi) is 4.61. The molecule has 1 amide bonds. The summed E-state index contributed by atoms with van der Waals surface area (Å²) in [6.07, 6.45) is 1.05. The standard InChI is InChI=1S/C20H24N6O/c1-13-10-14(2)26-20(22-13)23-18(24-26)19(27)21-11-15(3)25-9-8-16-6-4-5-7-17(16)12-25/h4-7,10,15H,8-9,11-12H2,1-3H3,(H,21,27). The van der Waals surface area contributed by atoms with E-state index in [-0.39, 0.29) is 17.8 Å². The van der Waals surface area contributed by atoms with Crippen LogP contribution in [0.5, 0.6) is 0 Å². The number of carbonyl (C=O) groups excluding carboxylic acids is 1. The van der Waals surface area contributed by atoms with Crippen LogP contribution in [0.15, 0.2) is 30.3 Å². The topological polar surface area (TPSA) is 75.4 Å². The zero-order valence-electron chi connectivity index (χ0n) is 15.9. The van der Waals surface area contributed by atoms with Crippen LogP contribution >= 0.6 is 0 Å². The van der Waals surface area contributed by atoms with Crippen molar-refractivity contribution in [2.24, 2.45) is 0 Å². The predicted molar refractivity (Wildman–Crippen MR) is 103 cm³/mol. The van der Waals surface area contributed by atoms with Crippen LogP contribution in [-0.2, 0) is 13.0 Å². The number of aryl methyl sites for hydroxylation is 2. The van der Waals surface area contributed by atoms with Crippen molar-refractivity contribution >= 4 is 11.7 Å². The quantitative estimate of drug-likeness (QED) is 0.765. The first-order valence-corrected chi connectivity index (χ1v) is 9.31. The lowest BCUT2D eigenvalue weighted by atomic mass is 9.99. The maximum absolute atomic E-state index is 12.5. The van der Waals surface area contributed by atoms with Crippen LogP contribution in [0, 0.1) is 13.8 Å². The number of amides is 1. The molecule has 4 rings (SSSR count). The van der Waals surface area contributed by atoms with Gasteiger partial charge < -0.3 is 5.32 Å². The van der Waals surface area contributed by atoms with E-state index in [4.69, 9.17) is 0 Å². The molecular weight excluding hydrogens is 340 g/mol. The number of aromatic nitrogens is 4. The van der Waals surface area contributed by atoms with Crippen LogP contribution in [0.25, 0.3) is 5.78 Å². The molecule has 27 heavy (non-hydrogen) atoms. The number of rotatable bonds is 4. The molecule has 0 saturated carbocycles. The van der Waals surface area contributed by atoms with Crippen LogP contribution in [0.2, 0.25) is 0 Å². The van der Waals surface area contributed by atoms with E-state index in [0.717, 1.165) is 30.9 Å². The summed E-state index contributed by atoms with van der Waals surface area (Å²) in [7, 11) is 0. The first kappa shape index (κ1) is 17.6. The largest absolute Gasteiger partial charge is 0.348 e. The summed E-state index contributed by atoms with van der Waals surface area (Å²) in [5, 5.41) is 7.26. The third-order valence-electron chi connectivity index (χ3n) is 5.16. The molecule has 1 aliphatic rings. The Balaban J connectivity index is 1.40. The van der Waals surface area contributed by atoms with E-state index in [2.05, 4.69) is 56.5 Å². The number of carbonyl (C=O) groups is 1. The summed E-state index contributed by atoms with van der Waals surface area (Å²) >= 11 is 0. The summed E-state index contributed by atoms with van der Waals surface area (Å²) < 4.78 is 1.60. The lowest BCUT2D eigenvalue weighted by Gasteiger charge is -2.33. The molecule has 2 aromatic heterocycles. The van der Waals surface area contributed by atoms with Gasteiger partial charge in [0.1, 0.15) is 0 Å². The highest BCUT2D eigenvalue weighted by molar-refractivity contribution is 5.90. The van der Waals surface area contributed by atoms with Gasteiger partial charge in [0.2, 0.25) is 5.82 Å². The molecule has 7 heteroatoms. The molecule has 1 unspecified atom stereocenters. The number of hydrogen-bond donors (Lipinski definition) is 1. The van der Waals surface area contributed by atoms with E-state index >= 15 is 0 Å². The van der Waals surface area contributed by atoms with Gasteiger partial charge in [-0.25, -0.2) is 9.50 Å². The van der Waals surface area contributed by atoms with E-state index < -0.39 is 0 Å². The fourth-order valence-electron chi connectivity index (χ4n) is 3.60. The molecule has 0 bridgehead atoms. The predicted octanol–water partition coefficient (Wildman–Crippen LogP) is 1.92. The van der Waals surface area contributed by atoms with Gasteiger partial charge in [-0.05, 0) is 44.4 Å². The summed E-state index contributed by atoms with van der Waals surface area (Å²) in [4.78, 5) is 23.5. The molecule has 0 spiro atoms. The second-order valence-electron chi connectivity index (χ2n) is 7.23. The second-order valence-corrected chi connectivity index (χ2v) is 7.23. The molecular formula is C20H24N6O. The van der Waals surface area contributed by atoms with Gasteiger partial charge in [0.15, 0.2) is 0 Å². The Morgan fingerprint density at radius 3 is 2.81 bits per heavy atom. The fourth-order valence-corrected chi connectivity index (χ4v) is 3.60. The Morgan fingerprint density at radius 1 is 1.22 bits per heavy atom. The van der Waals surface area contributed by atoms with Gasteiger partial charge in [0.25, 0.3) is 11.7 Å². The van der Waals surface area contributed by atoms with Gasteiger partial charge >= 0.3 is 0 Å². The van der Waals surface area contributed by atoms with E-state index in [1.165, 1.54) is 11.1 Å². The van der Waals surface area contributed by atoms with Crippen molar-refractivity contribution in [2.45, 2.75) is 39.8 Å². The Hall–Kier alpha value is -2.80. The minimum Gasteiger partial charge on any atom is -0.348 e. The maximum Gasteiger partial charge on any atom is 0.291 e. The van der Waals surface area contributed by atoms with Gasteiger partial charge in [0.05, 0.1) is 0 Å². The first-order valence-electron chi connectivity index (χ1n) is 9.31. The van der Waals surface area contributed by atoms with Crippen LogP contribution in [0.4, 0.5) is 0 Å². The molecule has 0 radical (unpaired) electrons. The van der Waals surface area contributed by atoms with Crippen molar-refractivity contribution in [1.29, 1.82) is 0 Å². The van der Waals surface area contributed by atoms with Crippen molar-refractivity contribution in [2.75, 3.05) is 13.1 Å². The van der Waals surface area contributed by atoms with E-state index in [9.17, 15) is 4.79 Å². The Morgan fingerprint density at radius 2 is 2.00 bits per heavy atom. The average Bonchev–Trinajstić information content (AvgIpc) is 3.10. The highest BCUT2D eigenvalue weighted by Crippen LogP contribution is 2.20. The smallest absolute Gasteiger partial charge is 0.291 e. The van der Waals surface area contributed by atoms with Crippen LogP contribution in [0.1, 0.15) is 40.1 Å². The highest BCUT2D eigenvalue weighted by Gasteiger charge is 2.22. The lowest BCUT2D eigenvalue weighted by Crippen LogP contribution is -2.44. The van der Waals surface area contributed by atoms with Crippen molar-refractivity contribution in [3.8, 4) is 0 Å². The second kappa shape index (κ2) is 7.08. The van der Waals surface area contributed by atoms with Crippen LogP contribution in [-0.4, -0.2) is 49.5 Å². The number of nitrogens with zero attached hydrogens (tertiary/aromatic N) is 5. The molecule has 3 heterocycles. The van der Waals surface area contributed by atoms with Gasteiger partial charge in [-0.15, -0.1) is 5.10 Å². The zero-order chi connectivity index (χ0) is 19.0. The molecule has 3 aromatic rings. The molecule has 0 fully saturated rings. The van der Waals surface area contributed by atoms with E-state index in [0.29, 0.717) is 12.3 Å². The number of nitrogens with one attached hydrogen (secondary N) is 1. The summed E-state index contributed by atoms with van der Waals surface area (Å²) in [6.45, 7) is 8.45. The molecule has 0 saturated heterocycles.